The minimum absolute atomic E-state index is 0.0397. The second-order valence-electron chi connectivity index (χ2n) is 11.3. The zero-order valence-electron chi connectivity index (χ0n) is 24.2. The third-order valence-corrected chi connectivity index (χ3v) is 8.13. The largest absolute Gasteiger partial charge is 0.491 e. The normalized spacial score (nSPS) is 19.7. The molecule has 6 rings (SSSR count). The first-order chi connectivity index (χ1) is 20.9. The minimum atomic E-state index is -0.215. The van der Waals surface area contributed by atoms with Gasteiger partial charge in [0, 0.05) is 43.6 Å². The van der Waals surface area contributed by atoms with E-state index < -0.39 is 0 Å². The van der Waals surface area contributed by atoms with Gasteiger partial charge in [0.2, 0.25) is 11.8 Å². The summed E-state index contributed by atoms with van der Waals surface area (Å²) in [6, 6.07) is 23.1. The molecule has 220 valence electrons. The lowest BCUT2D eigenvalue weighted by atomic mass is 10.0. The van der Waals surface area contributed by atoms with Gasteiger partial charge >= 0.3 is 0 Å². The van der Waals surface area contributed by atoms with Crippen LogP contribution in [0.5, 0.6) is 5.75 Å². The molecule has 2 N–H and O–H groups in total. The van der Waals surface area contributed by atoms with E-state index in [4.69, 9.17) is 4.74 Å². The van der Waals surface area contributed by atoms with Crippen molar-refractivity contribution in [1.82, 2.24) is 25.4 Å². The van der Waals surface area contributed by atoms with Gasteiger partial charge in [-0.3, -0.25) is 24.3 Å². The average Bonchev–Trinajstić information content (AvgIpc) is 3.42. The Kier molecular flexibility index (Phi) is 8.33. The van der Waals surface area contributed by atoms with E-state index in [1.165, 1.54) is 0 Å². The molecule has 1 aromatic heterocycles. The highest BCUT2D eigenvalue weighted by molar-refractivity contribution is 5.95. The molecule has 2 aliphatic heterocycles. The van der Waals surface area contributed by atoms with Crippen molar-refractivity contribution in [3.05, 3.63) is 96.3 Å². The molecule has 1 fully saturated rings. The van der Waals surface area contributed by atoms with E-state index in [1.54, 1.807) is 12.4 Å². The number of hydrogen-bond donors (Lipinski definition) is 2. The average molecular weight is 578 g/mol. The second kappa shape index (κ2) is 12.6. The number of likely N-dealkylation sites (N-methyl/N-ethyl adjacent to an activating group) is 1. The first-order valence-corrected chi connectivity index (χ1v) is 14.6. The molecule has 9 nitrogen and oxygen atoms in total. The summed E-state index contributed by atoms with van der Waals surface area (Å²) in [5, 5.41) is 8.27. The molecule has 1 saturated heterocycles. The maximum absolute atomic E-state index is 13.5. The molecule has 3 amide bonds. The first-order valence-electron chi connectivity index (χ1n) is 14.6. The summed E-state index contributed by atoms with van der Waals surface area (Å²) < 4.78 is 6.23. The first kappa shape index (κ1) is 28.4. The Morgan fingerprint density at radius 2 is 1.81 bits per heavy atom. The smallest absolute Gasteiger partial charge is 0.252 e. The lowest BCUT2D eigenvalue weighted by molar-refractivity contribution is -0.133. The maximum Gasteiger partial charge on any atom is 0.252 e. The predicted molar refractivity (Wildman–Crippen MR) is 165 cm³/mol. The van der Waals surface area contributed by atoms with Gasteiger partial charge in [0.05, 0.1) is 24.6 Å². The van der Waals surface area contributed by atoms with Crippen molar-refractivity contribution < 1.29 is 19.1 Å². The van der Waals surface area contributed by atoms with Gasteiger partial charge in [-0.1, -0.05) is 54.6 Å². The minimum Gasteiger partial charge on any atom is -0.491 e. The van der Waals surface area contributed by atoms with Crippen molar-refractivity contribution in [2.45, 2.75) is 24.9 Å². The molecule has 2 atom stereocenters. The summed E-state index contributed by atoms with van der Waals surface area (Å²) in [5.74, 6) is 0.334. The number of aromatic nitrogens is 1. The fourth-order valence-electron chi connectivity index (χ4n) is 5.93. The van der Waals surface area contributed by atoms with Crippen molar-refractivity contribution in [3.63, 3.8) is 0 Å². The standard InChI is InChI=1S/C34H35N5O4/c1-38-13-12-36-34(42)27-14-26(18-35-19-27)24-8-5-10-30(15-24)43-22-29-17-28(20-39(29)33(41)21-38)37-32(40)16-25-9-4-7-23-6-2-3-11-31(23)25/h2-11,14-15,18-19,28-29H,12-13,16-17,20-22H2,1H3,(H,36,42)(H,37,40). The number of nitrogens with zero attached hydrogens (tertiary/aromatic N) is 3. The Hall–Kier alpha value is -4.76. The third-order valence-electron chi connectivity index (χ3n) is 8.13. The molecular weight excluding hydrogens is 542 g/mol. The van der Waals surface area contributed by atoms with Crippen LogP contribution in [-0.4, -0.2) is 84.4 Å². The number of benzene rings is 3. The fourth-order valence-corrected chi connectivity index (χ4v) is 5.93. The lowest BCUT2D eigenvalue weighted by Crippen LogP contribution is -2.46. The summed E-state index contributed by atoms with van der Waals surface area (Å²) >= 11 is 0. The number of ether oxygens (including phenoxy) is 1. The number of carbonyl (C=O) groups excluding carboxylic acids is 3. The van der Waals surface area contributed by atoms with Crippen LogP contribution in [0.4, 0.5) is 0 Å². The van der Waals surface area contributed by atoms with Crippen molar-refractivity contribution >= 4 is 28.5 Å². The summed E-state index contributed by atoms with van der Waals surface area (Å²) in [4.78, 5) is 47.4. The van der Waals surface area contributed by atoms with Crippen LogP contribution >= 0.6 is 0 Å². The van der Waals surface area contributed by atoms with Crippen molar-refractivity contribution in [3.8, 4) is 16.9 Å². The Labute approximate surface area is 250 Å². The molecule has 2 aliphatic rings. The molecule has 2 unspecified atom stereocenters. The van der Waals surface area contributed by atoms with Crippen molar-refractivity contribution in [1.29, 1.82) is 0 Å². The molecular formula is C34H35N5O4. The zero-order chi connectivity index (χ0) is 29.8. The van der Waals surface area contributed by atoms with Gasteiger partial charge in [-0.2, -0.15) is 0 Å². The number of amides is 3. The Balaban J connectivity index is 1.19. The molecule has 0 spiro atoms. The number of pyridine rings is 1. The number of hydrogen-bond acceptors (Lipinski definition) is 6. The molecule has 9 heteroatoms. The van der Waals surface area contributed by atoms with Crippen LogP contribution in [0.1, 0.15) is 22.3 Å². The SMILES string of the molecule is CN1CCNC(=O)c2cncc(c2)-c2cccc(c2)OCC2CC(NC(=O)Cc3cccc4ccccc34)CN2C(=O)C1. The van der Waals surface area contributed by atoms with E-state index in [-0.39, 0.29) is 42.8 Å². The van der Waals surface area contributed by atoms with E-state index in [0.29, 0.717) is 44.0 Å². The molecule has 4 bridgehead atoms. The molecule has 3 heterocycles. The van der Waals surface area contributed by atoms with E-state index in [2.05, 4.69) is 15.6 Å². The molecule has 0 saturated carbocycles. The van der Waals surface area contributed by atoms with Gasteiger partial charge in [-0.25, -0.2) is 0 Å². The van der Waals surface area contributed by atoms with Gasteiger partial charge in [0.1, 0.15) is 12.4 Å². The molecule has 4 aromatic rings. The highest BCUT2D eigenvalue weighted by Gasteiger charge is 2.36. The summed E-state index contributed by atoms with van der Waals surface area (Å²) in [5.41, 5.74) is 3.14. The number of fused-ring (bicyclic) bond motifs is 7. The topological polar surface area (TPSA) is 104 Å². The third kappa shape index (κ3) is 6.67. The van der Waals surface area contributed by atoms with Gasteiger partial charge in [-0.05, 0) is 53.6 Å². The molecule has 3 aromatic carbocycles. The Bertz CT molecular complexity index is 1650. The number of carbonyl (C=O) groups is 3. The van der Waals surface area contributed by atoms with Crippen LogP contribution in [-0.2, 0) is 16.0 Å². The van der Waals surface area contributed by atoms with E-state index in [0.717, 1.165) is 27.5 Å². The van der Waals surface area contributed by atoms with E-state index in [1.807, 2.05) is 89.6 Å². The predicted octanol–water partition coefficient (Wildman–Crippen LogP) is 3.28. The van der Waals surface area contributed by atoms with Gasteiger partial charge in [0.15, 0.2) is 0 Å². The quantitative estimate of drug-likeness (QED) is 0.388. The highest BCUT2D eigenvalue weighted by Crippen LogP contribution is 2.26. The zero-order valence-corrected chi connectivity index (χ0v) is 24.2. The van der Waals surface area contributed by atoms with Crippen molar-refractivity contribution in [2.24, 2.45) is 0 Å². The van der Waals surface area contributed by atoms with Gasteiger partial charge in [0.25, 0.3) is 5.91 Å². The second-order valence-corrected chi connectivity index (χ2v) is 11.3. The molecule has 43 heavy (non-hydrogen) atoms. The van der Waals surface area contributed by atoms with Crippen LogP contribution in [0, 0.1) is 0 Å². The number of rotatable bonds is 3. The maximum atomic E-state index is 13.5. The Morgan fingerprint density at radius 1 is 1.00 bits per heavy atom. The monoisotopic (exact) mass is 577 g/mol. The highest BCUT2D eigenvalue weighted by atomic mass is 16.5. The van der Waals surface area contributed by atoms with Crippen LogP contribution in [0.15, 0.2) is 85.2 Å². The van der Waals surface area contributed by atoms with Crippen molar-refractivity contribution in [2.75, 3.05) is 39.8 Å². The fraction of sp³-hybridized carbons (Fsp3) is 0.294. The van der Waals surface area contributed by atoms with Crippen LogP contribution in [0.3, 0.4) is 0 Å². The van der Waals surface area contributed by atoms with E-state index in [9.17, 15) is 14.4 Å². The van der Waals surface area contributed by atoms with Gasteiger partial charge in [-0.15, -0.1) is 0 Å². The molecule has 0 aliphatic carbocycles. The summed E-state index contributed by atoms with van der Waals surface area (Å²) in [7, 11) is 1.86. The van der Waals surface area contributed by atoms with Crippen LogP contribution < -0.4 is 15.4 Å². The number of nitrogens with one attached hydrogen (secondary N) is 2. The summed E-state index contributed by atoms with van der Waals surface area (Å²) in [6.45, 7) is 1.80. The Morgan fingerprint density at radius 3 is 2.72 bits per heavy atom. The van der Waals surface area contributed by atoms with Gasteiger partial charge < -0.3 is 20.3 Å². The van der Waals surface area contributed by atoms with Crippen LogP contribution in [0.25, 0.3) is 21.9 Å². The van der Waals surface area contributed by atoms with Crippen LogP contribution in [0.2, 0.25) is 0 Å². The summed E-state index contributed by atoms with van der Waals surface area (Å²) in [6.07, 6.45) is 4.13. The van der Waals surface area contributed by atoms with E-state index >= 15 is 0 Å². The molecule has 0 radical (unpaired) electrons. The lowest BCUT2D eigenvalue weighted by Gasteiger charge is -2.27.